The van der Waals surface area contributed by atoms with Gasteiger partial charge in [0.05, 0.1) is 17.7 Å². The monoisotopic (exact) mass is 506 g/mol. The minimum atomic E-state index is -3.85. The van der Waals surface area contributed by atoms with E-state index in [-0.39, 0.29) is 33.2 Å². The van der Waals surface area contributed by atoms with E-state index in [1.165, 1.54) is 11.2 Å². The molecule has 5 rings (SSSR count). The number of thiazole rings is 1. The van der Waals surface area contributed by atoms with E-state index in [2.05, 4.69) is 15.6 Å². The van der Waals surface area contributed by atoms with Gasteiger partial charge in [-0.1, -0.05) is 11.3 Å². The molecular formula is C23H30N4O5S2. The molecule has 3 atom stereocenters. The van der Waals surface area contributed by atoms with Crippen molar-refractivity contribution >= 4 is 44.0 Å². The number of hydrogen-bond acceptors (Lipinski definition) is 7. The van der Waals surface area contributed by atoms with Gasteiger partial charge in [0.25, 0.3) is 10.0 Å². The number of hydrogen-bond donors (Lipinski definition) is 2. The highest BCUT2D eigenvalue weighted by molar-refractivity contribution is 7.91. The third kappa shape index (κ3) is 5.11. The lowest BCUT2D eigenvalue weighted by molar-refractivity contribution is -0.125. The molecule has 34 heavy (non-hydrogen) atoms. The van der Waals surface area contributed by atoms with Crippen molar-refractivity contribution in [2.45, 2.75) is 63.3 Å². The van der Waals surface area contributed by atoms with Gasteiger partial charge in [0.1, 0.15) is 5.75 Å². The van der Waals surface area contributed by atoms with Crippen molar-refractivity contribution in [3.05, 3.63) is 30.0 Å². The highest BCUT2D eigenvalue weighted by atomic mass is 32.2. The molecule has 3 heterocycles. The van der Waals surface area contributed by atoms with E-state index in [0.29, 0.717) is 30.8 Å². The summed E-state index contributed by atoms with van der Waals surface area (Å²) < 4.78 is 34.4. The van der Waals surface area contributed by atoms with Crippen LogP contribution in [0.25, 0.3) is 0 Å². The fourth-order valence-corrected chi connectivity index (χ4v) is 8.10. The van der Waals surface area contributed by atoms with Crippen LogP contribution in [0.5, 0.6) is 5.75 Å². The van der Waals surface area contributed by atoms with Gasteiger partial charge in [-0.25, -0.2) is 13.4 Å². The fraction of sp³-hybridized carbons (Fsp3) is 0.522. The molecule has 2 saturated heterocycles. The number of carbonyl (C=O) groups is 2. The van der Waals surface area contributed by atoms with Crippen LogP contribution in [0.1, 0.15) is 45.7 Å². The minimum Gasteiger partial charge on any atom is -0.491 e. The van der Waals surface area contributed by atoms with Crippen LogP contribution >= 0.6 is 11.3 Å². The van der Waals surface area contributed by atoms with Crippen LogP contribution in [-0.2, 0) is 19.6 Å². The second kappa shape index (κ2) is 9.63. The number of benzene rings is 1. The largest absolute Gasteiger partial charge is 0.491 e. The summed E-state index contributed by atoms with van der Waals surface area (Å²) in [7, 11) is -3.85. The normalized spacial score (nSPS) is 22.6. The van der Waals surface area contributed by atoms with Crippen molar-refractivity contribution in [2.24, 2.45) is 11.8 Å². The molecular weight excluding hydrogens is 476 g/mol. The molecule has 2 aromatic rings. The van der Waals surface area contributed by atoms with Crippen LogP contribution in [0.3, 0.4) is 0 Å². The number of amides is 2. The van der Waals surface area contributed by atoms with Gasteiger partial charge in [-0.15, -0.1) is 0 Å². The van der Waals surface area contributed by atoms with Gasteiger partial charge in [0, 0.05) is 25.2 Å². The molecule has 9 nitrogen and oxygen atoms in total. The number of fused-ring (bicyclic) bond motifs is 3. The van der Waals surface area contributed by atoms with Crippen LogP contribution in [-0.4, -0.2) is 48.2 Å². The van der Waals surface area contributed by atoms with Crippen molar-refractivity contribution in [3.63, 3.8) is 0 Å². The zero-order valence-electron chi connectivity index (χ0n) is 19.7. The first-order chi connectivity index (χ1) is 16.0. The maximum absolute atomic E-state index is 13.6. The predicted molar refractivity (Wildman–Crippen MR) is 131 cm³/mol. The molecule has 1 aromatic heterocycles. The zero-order valence-corrected chi connectivity index (χ0v) is 21.3. The lowest BCUT2D eigenvalue weighted by Crippen LogP contribution is -2.57. The average Bonchev–Trinajstić information content (AvgIpc) is 3.15. The van der Waals surface area contributed by atoms with Gasteiger partial charge in [-0.2, -0.15) is 4.31 Å². The summed E-state index contributed by atoms with van der Waals surface area (Å²) in [5.74, 6) is -0.0693. The van der Waals surface area contributed by atoms with E-state index in [0.717, 1.165) is 23.5 Å². The fourth-order valence-electron chi connectivity index (χ4n) is 4.76. The molecule has 2 amide bonds. The van der Waals surface area contributed by atoms with Gasteiger partial charge >= 0.3 is 0 Å². The summed E-state index contributed by atoms with van der Waals surface area (Å²) >= 11 is 0.948. The number of carbonyl (C=O) groups excluding carboxylic acids is 2. The van der Waals surface area contributed by atoms with Crippen molar-refractivity contribution in [2.75, 3.05) is 17.2 Å². The molecule has 1 aliphatic carbocycles. The van der Waals surface area contributed by atoms with Crippen molar-refractivity contribution < 1.29 is 22.7 Å². The summed E-state index contributed by atoms with van der Waals surface area (Å²) in [4.78, 5) is 28.8. The molecule has 3 aliphatic rings. The quantitative estimate of drug-likeness (QED) is 0.592. The lowest BCUT2D eigenvalue weighted by Gasteiger charge is -2.48. The maximum atomic E-state index is 13.6. The first-order valence-electron chi connectivity index (χ1n) is 11.4. The third-order valence-electron chi connectivity index (χ3n) is 6.14. The summed E-state index contributed by atoms with van der Waals surface area (Å²) in [6.07, 6.45) is 2.26. The summed E-state index contributed by atoms with van der Waals surface area (Å²) in [5.41, 5.74) is 0.995. The van der Waals surface area contributed by atoms with Gasteiger partial charge in [0.2, 0.25) is 11.8 Å². The van der Waals surface area contributed by atoms with E-state index < -0.39 is 22.0 Å². The molecule has 184 valence electrons. The van der Waals surface area contributed by atoms with Crippen LogP contribution in [0.2, 0.25) is 0 Å². The standard InChI is InChI=1S/C23H30N4O5S2/c1-13(2)32-18-8-6-17(7-9-18)26-21(29)19-11-16-5-10-20(19)27(12-16)34(30,31)22-14(3)24-23(33-22)25-15(4)28/h6-9,13,16,19-20H,5,10-12H2,1-4H3,(H,26,29)(H,24,25,28)/t16-,19-,20-/m1/s1. The third-order valence-corrected chi connectivity index (χ3v) is 9.69. The van der Waals surface area contributed by atoms with Crippen molar-refractivity contribution in [1.29, 1.82) is 0 Å². The van der Waals surface area contributed by atoms with Crippen LogP contribution in [0, 0.1) is 18.8 Å². The first kappa shape index (κ1) is 24.6. The average molecular weight is 507 g/mol. The highest BCUT2D eigenvalue weighted by Gasteiger charge is 2.49. The van der Waals surface area contributed by atoms with E-state index in [9.17, 15) is 18.0 Å². The number of aryl methyl sites for hydroxylation is 1. The molecule has 0 radical (unpaired) electrons. The number of piperidine rings is 2. The van der Waals surface area contributed by atoms with Gasteiger partial charge in [0.15, 0.2) is 9.34 Å². The topological polar surface area (TPSA) is 118 Å². The Bertz CT molecular complexity index is 1180. The Hall–Kier alpha value is -2.50. The van der Waals surface area contributed by atoms with Crippen molar-refractivity contribution in [3.8, 4) is 5.75 Å². The number of anilines is 2. The highest BCUT2D eigenvalue weighted by Crippen LogP contribution is 2.43. The number of sulfonamides is 1. The minimum absolute atomic E-state index is 0.0580. The molecule has 1 aromatic carbocycles. The number of aromatic nitrogens is 1. The molecule has 11 heteroatoms. The van der Waals surface area contributed by atoms with E-state index in [4.69, 9.17) is 4.74 Å². The Morgan fingerprint density at radius 2 is 1.88 bits per heavy atom. The Kier molecular flexibility index (Phi) is 6.97. The Morgan fingerprint density at radius 3 is 2.50 bits per heavy atom. The van der Waals surface area contributed by atoms with E-state index in [1.54, 1.807) is 31.2 Å². The summed E-state index contributed by atoms with van der Waals surface area (Å²) in [5, 5.41) is 5.76. The number of rotatable bonds is 7. The molecule has 2 aliphatic heterocycles. The smallest absolute Gasteiger partial charge is 0.254 e. The molecule has 0 unspecified atom stereocenters. The maximum Gasteiger partial charge on any atom is 0.254 e. The second-order valence-electron chi connectivity index (χ2n) is 9.18. The van der Waals surface area contributed by atoms with Gasteiger partial charge in [-0.05, 0) is 70.2 Å². The number of nitrogens with zero attached hydrogens (tertiary/aromatic N) is 2. The number of ether oxygens (including phenoxy) is 1. The second-order valence-corrected chi connectivity index (χ2v) is 12.3. The first-order valence-corrected chi connectivity index (χ1v) is 13.6. The zero-order chi connectivity index (χ0) is 24.6. The van der Waals surface area contributed by atoms with Gasteiger partial charge in [-0.3, -0.25) is 9.59 Å². The Morgan fingerprint density at radius 1 is 1.18 bits per heavy atom. The molecule has 2 N–H and O–H groups in total. The Labute approximate surface area is 204 Å². The van der Waals surface area contributed by atoms with Crippen LogP contribution in [0.4, 0.5) is 10.8 Å². The summed E-state index contributed by atoms with van der Waals surface area (Å²) in [6, 6.07) is 6.77. The summed E-state index contributed by atoms with van der Waals surface area (Å²) in [6.45, 7) is 7.26. The molecule has 0 spiro atoms. The Balaban J connectivity index is 1.52. The molecule has 2 bridgehead atoms. The number of nitrogens with one attached hydrogen (secondary N) is 2. The van der Waals surface area contributed by atoms with Crippen molar-refractivity contribution in [1.82, 2.24) is 9.29 Å². The van der Waals surface area contributed by atoms with E-state index >= 15 is 0 Å². The van der Waals surface area contributed by atoms with E-state index in [1.807, 2.05) is 13.8 Å². The molecule has 1 saturated carbocycles. The predicted octanol–water partition coefficient (Wildman–Crippen LogP) is 3.63. The molecule has 3 fully saturated rings. The van der Waals surface area contributed by atoms with Gasteiger partial charge < -0.3 is 15.4 Å². The van der Waals surface area contributed by atoms with Crippen LogP contribution < -0.4 is 15.4 Å². The lowest BCUT2D eigenvalue weighted by atomic mass is 9.73. The SMILES string of the molecule is CC(=O)Nc1nc(C)c(S(=O)(=O)N2C[C@@H]3CC[C@@H]2[C@H](C(=O)Nc2ccc(OC(C)C)cc2)C3)s1. The van der Waals surface area contributed by atoms with Crippen LogP contribution in [0.15, 0.2) is 28.5 Å².